The number of ether oxygens (including phenoxy) is 1. The Balaban J connectivity index is 2.43. The van der Waals surface area contributed by atoms with Crippen LogP contribution in [0.5, 0.6) is 5.75 Å². The minimum absolute atomic E-state index is 0.831. The molecule has 92 valence electrons. The summed E-state index contributed by atoms with van der Waals surface area (Å²) in [4.78, 5) is 9.97. The van der Waals surface area contributed by atoms with Crippen LogP contribution in [0.1, 0.15) is 11.4 Å². The molecule has 1 heterocycles. The molecule has 1 aromatic carbocycles. The molecule has 0 saturated carbocycles. The van der Waals surface area contributed by atoms with E-state index < -0.39 is 0 Å². The van der Waals surface area contributed by atoms with Gasteiger partial charge in [0.15, 0.2) is 0 Å². The van der Waals surface area contributed by atoms with E-state index in [4.69, 9.17) is 4.74 Å². The quantitative estimate of drug-likeness (QED) is 0.878. The molecular formula is C13H19N3O. The number of methoxy groups -OCH3 is 1. The first kappa shape index (κ1) is 11.9. The minimum atomic E-state index is 0.831. The van der Waals surface area contributed by atoms with Gasteiger partial charge in [-0.1, -0.05) is 6.07 Å². The van der Waals surface area contributed by atoms with Crippen LogP contribution < -0.4 is 4.74 Å². The summed E-state index contributed by atoms with van der Waals surface area (Å²) in [5.41, 5.74) is 3.32. The molecule has 4 heteroatoms. The number of nitrogens with one attached hydrogen (secondary N) is 1. The van der Waals surface area contributed by atoms with Gasteiger partial charge in [0.2, 0.25) is 0 Å². The van der Waals surface area contributed by atoms with Crippen LogP contribution in [0.4, 0.5) is 0 Å². The van der Waals surface area contributed by atoms with Gasteiger partial charge < -0.3 is 14.6 Å². The average Bonchev–Trinajstić information content (AvgIpc) is 2.67. The van der Waals surface area contributed by atoms with Crippen molar-refractivity contribution in [3.8, 4) is 5.75 Å². The Hall–Kier alpha value is -1.55. The molecule has 17 heavy (non-hydrogen) atoms. The zero-order valence-corrected chi connectivity index (χ0v) is 10.9. The lowest BCUT2D eigenvalue weighted by Crippen LogP contribution is -2.15. The van der Waals surface area contributed by atoms with Gasteiger partial charge in [0, 0.05) is 6.54 Å². The van der Waals surface area contributed by atoms with Crippen molar-refractivity contribution >= 4 is 11.0 Å². The molecule has 2 rings (SSSR count). The molecule has 0 fully saturated rings. The molecule has 0 unspecified atom stereocenters. The van der Waals surface area contributed by atoms with Crippen LogP contribution in [0.25, 0.3) is 11.0 Å². The van der Waals surface area contributed by atoms with Crippen molar-refractivity contribution in [3.63, 3.8) is 0 Å². The normalized spacial score (nSPS) is 11.4. The number of rotatable bonds is 4. The lowest BCUT2D eigenvalue weighted by molar-refractivity contribution is 0.412. The van der Waals surface area contributed by atoms with E-state index in [2.05, 4.69) is 35.0 Å². The standard InChI is InChI=1S/C13H19N3O/c1-9-14-12-10(7-8-16(2)3)5-6-11(17-4)13(12)15-9/h5-6H,7-8H2,1-4H3,(H,14,15). The summed E-state index contributed by atoms with van der Waals surface area (Å²) < 4.78 is 5.33. The molecule has 0 spiro atoms. The van der Waals surface area contributed by atoms with Crippen molar-refractivity contribution in [1.82, 2.24) is 14.9 Å². The number of hydrogen-bond donors (Lipinski definition) is 1. The maximum atomic E-state index is 5.33. The van der Waals surface area contributed by atoms with E-state index in [1.807, 2.05) is 13.0 Å². The summed E-state index contributed by atoms with van der Waals surface area (Å²) in [6, 6.07) is 4.11. The average molecular weight is 233 g/mol. The molecular weight excluding hydrogens is 214 g/mol. The predicted octanol–water partition coefficient (Wildman–Crippen LogP) is 1.98. The fourth-order valence-corrected chi connectivity index (χ4v) is 1.96. The lowest BCUT2D eigenvalue weighted by atomic mass is 10.1. The molecule has 0 radical (unpaired) electrons. The highest BCUT2D eigenvalue weighted by Gasteiger charge is 2.10. The zero-order valence-electron chi connectivity index (χ0n) is 10.9. The molecule has 0 atom stereocenters. The van der Waals surface area contributed by atoms with Gasteiger partial charge in [-0.15, -0.1) is 0 Å². The summed E-state index contributed by atoms with van der Waals surface area (Å²) in [6.07, 6.45) is 1.01. The first-order chi connectivity index (χ1) is 8.11. The number of aromatic nitrogens is 2. The van der Waals surface area contributed by atoms with Crippen LogP contribution in [0.2, 0.25) is 0 Å². The van der Waals surface area contributed by atoms with Gasteiger partial charge in [-0.05, 0) is 39.1 Å². The number of imidazole rings is 1. The minimum Gasteiger partial charge on any atom is -0.494 e. The molecule has 0 bridgehead atoms. The zero-order chi connectivity index (χ0) is 12.4. The number of likely N-dealkylation sites (N-methyl/N-ethyl adjacent to an activating group) is 1. The lowest BCUT2D eigenvalue weighted by Gasteiger charge is -2.10. The molecule has 1 N–H and O–H groups in total. The van der Waals surface area contributed by atoms with Crippen LogP contribution in [-0.2, 0) is 6.42 Å². The molecule has 4 nitrogen and oxygen atoms in total. The molecule has 0 amide bonds. The van der Waals surface area contributed by atoms with E-state index >= 15 is 0 Å². The van der Waals surface area contributed by atoms with Gasteiger partial charge in [0.25, 0.3) is 0 Å². The summed E-state index contributed by atoms with van der Waals surface area (Å²) in [6.45, 7) is 2.99. The van der Waals surface area contributed by atoms with Crippen molar-refractivity contribution in [1.29, 1.82) is 0 Å². The van der Waals surface area contributed by atoms with Crippen LogP contribution >= 0.6 is 0 Å². The SMILES string of the molecule is COc1ccc(CCN(C)C)c2[nH]c(C)nc12. The Kier molecular flexibility index (Phi) is 3.33. The van der Waals surface area contributed by atoms with Crippen molar-refractivity contribution in [3.05, 3.63) is 23.5 Å². The second-order valence-corrected chi connectivity index (χ2v) is 4.53. The molecule has 0 aliphatic rings. The van der Waals surface area contributed by atoms with Crippen LogP contribution in [0.3, 0.4) is 0 Å². The number of fused-ring (bicyclic) bond motifs is 1. The first-order valence-corrected chi connectivity index (χ1v) is 5.78. The Morgan fingerprint density at radius 2 is 2.12 bits per heavy atom. The molecule has 0 aliphatic heterocycles. The van der Waals surface area contributed by atoms with Gasteiger partial charge in [-0.2, -0.15) is 0 Å². The van der Waals surface area contributed by atoms with E-state index in [1.54, 1.807) is 7.11 Å². The number of H-pyrrole nitrogens is 1. The highest BCUT2D eigenvalue weighted by Crippen LogP contribution is 2.26. The van der Waals surface area contributed by atoms with Crippen LogP contribution in [0, 0.1) is 6.92 Å². The fourth-order valence-electron chi connectivity index (χ4n) is 1.96. The second kappa shape index (κ2) is 4.75. The summed E-state index contributed by atoms with van der Waals surface area (Å²) in [7, 11) is 5.84. The predicted molar refractivity (Wildman–Crippen MR) is 69.6 cm³/mol. The van der Waals surface area contributed by atoms with Gasteiger partial charge >= 0.3 is 0 Å². The largest absolute Gasteiger partial charge is 0.494 e. The van der Waals surface area contributed by atoms with Crippen molar-refractivity contribution < 1.29 is 4.74 Å². The van der Waals surface area contributed by atoms with Crippen LogP contribution in [-0.4, -0.2) is 42.6 Å². The van der Waals surface area contributed by atoms with Gasteiger partial charge in [-0.25, -0.2) is 4.98 Å². The smallest absolute Gasteiger partial charge is 0.146 e. The third-order valence-electron chi connectivity index (χ3n) is 2.86. The Morgan fingerprint density at radius 3 is 2.76 bits per heavy atom. The molecule has 0 saturated heterocycles. The van der Waals surface area contributed by atoms with Crippen LogP contribution in [0.15, 0.2) is 12.1 Å². The maximum absolute atomic E-state index is 5.33. The van der Waals surface area contributed by atoms with Crippen molar-refractivity contribution in [2.75, 3.05) is 27.7 Å². The molecule has 2 aromatic rings. The highest BCUT2D eigenvalue weighted by atomic mass is 16.5. The van der Waals surface area contributed by atoms with Gasteiger partial charge in [-0.3, -0.25) is 0 Å². The maximum Gasteiger partial charge on any atom is 0.146 e. The second-order valence-electron chi connectivity index (χ2n) is 4.53. The summed E-state index contributed by atoms with van der Waals surface area (Å²) >= 11 is 0. The van der Waals surface area contributed by atoms with E-state index in [-0.39, 0.29) is 0 Å². The van der Waals surface area contributed by atoms with Crippen molar-refractivity contribution in [2.45, 2.75) is 13.3 Å². The molecule has 0 aliphatic carbocycles. The first-order valence-electron chi connectivity index (χ1n) is 5.78. The van der Waals surface area contributed by atoms with Gasteiger partial charge in [0.1, 0.15) is 17.1 Å². The number of aryl methyl sites for hydroxylation is 1. The number of benzene rings is 1. The van der Waals surface area contributed by atoms with E-state index in [0.29, 0.717) is 0 Å². The van der Waals surface area contributed by atoms with Crippen molar-refractivity contribution in [2.24, 2.45) is 0 Å². The van der Waals surface area contributed by atoms with E-state index in [1.165, 1.54) is 5.56 Å². The fraction of sp³-hybridized carbons (Fsp3) is 0.462. The number of hydrogen-bond acceptors (Lipinski definition) is 3. The monoisotopic (exact) mass is 233 g/mol. The Labute approximate surface area is 102 Å². The summed E-state index contributed by atoms with van der Waals surface area (Å²) in [5, 5.41) is 0. The molecule has 1 aromatic heterocycles. The van der Waals surface area contributed by atoms with E-state index in [9.17, 15) is 0 Å². The topological polar surface area (TPSA) is 41.1 Å². The highest BCUT2D eigenvalue weighted by molar-refractivity contribution is 5.85. The van der Waals surface area contributed by atoms with E-state index in [0.717, 1.165) is 35.6 Å². The van der Waals surface area contributed by atoms with Gasteiger partial charge in [0.05, 0.1) is 12.6 Å². The summed E-state index contributed by atoms with van der Waals surface area (Å²) in [5.74, 6) is 1.76. The Bertz CT molecular complexity index is 517. The Morgan fingerprint density at radius 1 is 1.35 bits per heavy atom. The third-order valence-corrected chi connectivity index (χ3v) is 2.86. The number of aromatic amines is 1. The number of nitrogens with zero attached hydrogens (tertiary/aromatic N) is 2. The third kappa shape index (κ3) is 2.42.